The van der Waals surface area contributed by atoms with Gasteiger partial charge in [-0.2, -0.15) is 5.10 Å². The minimum absolute atomic E-state index is 0.184. The van der Waals surface area contributed by atoms with Gasteiger partial charge in [-0.15, -0.1) is 0 Å². The SMILES string of the molecule is Cc1ccc(F)c(-c2ccc(Cc3ccc(N4C[C@H](C)C(c5ccc(Cl)cc5)=N4)cc3)c(C)c2)c1. The molecule has 1 atom stereocenters. The third-order valence-electron chi connectivity index (χ3n) is 6.69. The van der Waals surface area contributed by atoms with Crippen LogP contribution in [0.25, 0.3) is 11.1 Å². The molecular weight excluding hydrogens is 455 g/mol. The van der Waals surface area contributed by atoms with Gasteiger partial charge in [0.15, 0.2) is 0 Å². The van der Waals surface area contributed by atoms with E-state index in [0.717, 1.165) is 51.6 Å². The summed E-state index contributed by atoms with van der Waals surface area (Å²) >= 11 is 6.04. The first-order chi connectivity index (χ1) is 16.9. The van der Waals surface area contributed by atoms with Crippen LogP contribution in [-0.4, -0.2) is 12.3 Å². The quantitative estimate of drug-likeness (QED) is 0.280. The fraction of sp³-hybridized carbons (Fsp3) is 0.194. The first-order valence-corrected chi connectivity index (χ1v) is 12.3. The van der Waals surface area contributed by atoms with Gasteiger partial charge < -0.3 is 0 Å². The molecule has 5 rings (SSSR count). The summed E-state index contributed by atoms with van der Waals surface area (Å²) in [5, 5.41) is 7.71. The van der Waals surface area contributed by atoms with Gasteiger partial charge in [-0.3, -0.25) is 5.01 Å². The van der Waals surface area contributed by atoms with Crippen LogP contribution in [0.4, 0.5) is 10.1 Å². The maximum Gasteiger partial charge on any atom is 0.131 e. The van der Waals surface area contributed by atoms with Crippen molar-refractivity contribution in [2.75, 3.05) is 11.6 Å². The van der Waals surface area contributed by atoms with Gasteiger partial charge in [-0.1, -0.05) is 72.6 Å². The molecule has 176 valence electrons. The molecule has 1 heterocycles. The van der Waals surface area contributed by atoms with E-state index in [9.17, 15) is 4.39 Å². The van der Waals surface area contributed by atoms with Gasteiger partial charge in [-0.25, -0.2) is 4.39 Å². The van der Waals surface area contributed by atoms with Crippen molar-refractivity contribution >= 4 is 23.0 Å². The van der Waals surface area contributed by atoms with E-state index < -0.39 is 0 Å². The number of benzene rings is 4. The number of halogens is 2. The predicted molar refractivity (Wildman–Crippen MR) is 145 cm³/mol. The number of aryl methyl sites for hydroxylation is 2. The molecule has 0 aromatic heterocycles. The summed E-state index contributed by atoms with van der Waals surface area (Å²) in [6.07, 6.45) is 0.832. The van der Waals surface area contributed by atoms with Gasteiger partial charge >= 0.3 is 0 Å². The number of anilines is 1. The van der Waals surface area contributed by atoms with Gasteiger partial charge in [0, 0.05) is 23.0 Å². The molecule has 4 heteroatoms. The highest BCUT2D eigenvalue weighted by Crippen LogP contribution is 2.29. The minimum Gasteiger partial charge on any atom is -0.265 e. The first-order valence-electron chi connectivity index (χ1n) is 11.9. The van der Waals surface area contributed by atoms with E-state index in [-0.39, 0.29) is 5.82 Å². The van der Waals surface area contributed by atoms with Crippen LogP contribution in [0, 0.1) is 25.6 Å². The Labute approximate surface area is 211 Å². The fourth-order valence-electron chi connectivity index (χ4n) is 4.67. The van der Waals surface area contributed by atoms with Crippen molar-refractivity contribution in [1.29, 1.82) is 0 Å². The van der Waals surface area contributed by atoms with Crippen molar-refractivity contribution in [3.8, 4) is 11.1 Å². The molecule has 0 fully saturated rings. The molecule has 0 N–H and O–H groups in total. The Hall–Kier alpha value is -3.43. The second-order valence-corrected chi connectivity index (χ2v) is 9.88. The Morgan fingerprint density at radius 1 is 0.886 bits per heavy atom. The van der Waals surface area contributed by atoms with E-state index in [2.05, 4.69) is 55.3 Å². The molecule has 1 aliphatic heterocycles. The van der Waals surface area contributed by atoms with Gasteiger partial charge in [0.1, 0.15) is 5.82 Å². The second-order valence-electron chi connectivity index (χ2n) is 9.44. The molecule has 35 heavy (non-hydrogen) atoms. The second kappa shape index (κ2) is 9.67. The largest absolute Gasteiger partial charge is 0.265 e. The molecule has 0 bridgehead atoms. The first kappa shape index (κ1) is 23.3. The minimum atomic E-state index is -0.184. The molecule has 0 radical (unpaired) electrons. The Morgan fingerprint density at radius 3 is 2.31 bits per heavy atom. The van der Waals surface area contributed by atoms with E-state index in [1.165, 1.54) is 11.1 Å². The predicted octanol–water partition coefficient (Wildman–Crippen LogP) is 8.21. The van der Waals surface area contributed by atoms with Gasteiger partial charge in [0.2, 0.25) is 0 Å². The molecule has 2 nitrogen and oxygen atoms in total. The lowest BCUT2D eigenvalue weighted by Gasteiger charge is -2.15. The number of hydrogen-bond acceptors (Lipinski definition) is 2. The standard InChI is InChI=1S/C31H28ClFN2/c1-20-4-15-30(33)29(16-20)26-8-7-25(21(2)17-26)18-23-5-13-28(14-6-23)35-19-22(3)31(34-35)24-9-11-27(32)12-10-24/h4-17,22H,18-19H2,1-3H3/t22-/m0/s1. The van der Waals surface area contributed by atoms with E-state index in [1.54, 1.807) is 12.1 Å². The molecule has 4 aromatic carbocycles. The van der Waals surface area contributed by atoms with Crippen LogP contribution < -0.4 is 5.01 Å². The molecule has 0 spiro atoms. The van der Waals surface area contributed by atoms with Crippen LogP contribution in [0.2, 0.25) is 5.02 Å². The Balaban J connectivity index is 1.32. The summed E-state index contributed by atoms with van der Waals surface area (Å²) in [5.41, 5.74) is 9.57. The molecule has 4 aromatic rings. The lowest BCUT2D eigenvalue weighted by molar-refractivity contribution is 0.631. The molecule has 0 saturated carbocycles. The highest BCUT2D eigenvalue weighted by molar-refractivity contribution is 6.30. The molecular formula is C31H28ClFN2. The van der Waals surface area contributed by atoms with Crippen molar-refractivity contribution in [3.63, 3.8) is 0 Å². The van der Waals surface area contributed by atoms with Crippen molar-refractivity contribution in [3.05, 3.63) is 124 Å². The molecule has 0 amide bonds. The maximum atomic E-state index is 14.3. The zero-order valence-corrected chi connectivity index (χ0v) is 21.0. The van der Waals surface area contributed by atoms with Crippen molar-refractivity contribution in [2.24, 2.45) is 11.0 Å². The van der Waals surface area contributed by atoms with E-state index in [0.29, 0.717) is 11.5 Å². The number of rotatable bonds is 5. The fourth-order valence-corrected chi connectivity index (χ4v) is 4.80. The molecule has 1 aliphatic rings. The highest BCUT2D eigenvalue weighted by Gasteiger charge is 2.24. The van der Waals surface area contributed by atoms with E-state index >= 15 is 0 Å². The van der Waals surface area contributed by atoms with E-state index in [4.69, 9.17) is 16.7 Å². The van der Waals surface area contributed by atoms with Gasteiger partial charge in [-0.05, 0) is 84.5 Å². The summed E-state index contributed by atoms with van der Waals surface area (Å²) in [4.78, 5) is 0. The number of hydrogen-bond donors (Lipinski definition) is 0. The number of nitrogens with zero attached hydrogens (tertiary/aromatic N) is 2. The lowest BCUT2D eigenvalue weighted by Crippen LogP contribution is -2.17. The van der Waals surface area contributed by atoms with Crippen molar-refractivity contribution in [2.45, 2.75) is 27.2 Å². The van der Waals surface area contributed by atoms with Crippen molar-refractivity contribution < 1.29 is 4.39 Å². The zero-order valence-electron chi connectivity index (χ0n) is 20.2. The Kier molecular flexibility index (Phi) is 6.44. The van der Waals surface area contributed by atoms with Crippen LogP contribution in [0.3, 0.4) is 0 Å². The highest BCUT2D eigenvalue weighted by atomic mass is 35.5. The monoisotopic (exact) mass is 482 g/mol. The normalized spacial score (nSPS) is 15.4. The summed E-state index contributed by atoms with van der Waals surface area (Å²) in [5.74, 6) is 0.159. The Morgan fingerprint density at radius 2 is 1.60 bits per heavy atom. The van der Waals surface area contributed by atoms with Gasteiger partial charge in [0.25, 0.3) is 0 Å². The molecule has 0 unspecified atom stereocenters. The van der Waals surface area contributed by atoms with Crippen LogP contribution in [0.5, 0.6) is 0 Å². The Bertz CT molecular complexity index is 1390. The number of hydrazone groups is 1. The summed E-state index contributed by atoms with van der Waals surface area (Å²) in [7, 11) is 0. The zero-order chi connectivity index (χ0) is 24.5. The average Bonchev–Trinajstić information content (AvgIpc) is 3.24. The van der Waals surface area contributed by atoms with Crippen LogP contribution in [0.15, 0.2) is 90.0 Å². The van der Waals surface area contributed by atoms with Crippen LogP contribution >= 0.6 is 11.6 Å². The molecule has 0 saturated heterocycles. The average molecular weight is 483 g/mol. The summed E-state index contributed by atoms with van der Waals surface area (Å²) in [6, 6.07) is 28.0. The summed E-state index contributed by atoms with van der Waals surface area (Å²) in [6.45, 7) is 7.14. The van der Waals surface area contributed by atoms with Gasteiger partial charge in [0.05, 0.1) is 11.4 Å². The topological polar surface area (TPSA) is 15.6 Å². The smallest absolute Gasteiger partial charge is 0.131 e. The third-order valence-corrected chi connectivity index (χ3v) is 6.94. The van der Waals surface area contributed by atoms with E-state index in [1.807, 2.05) is 43.3 Å². The third kappa shape index (κ3) is 5.01. The van der Waals surface area contributed by atoms with Crippen LogP contribution in [0.1, 0.15) is 34.7 Å². The molecule has 0 aliphatic carbocycles. The lowest BCUT2D eigenvalue weighted by atomic mass is 9.95. The summed E-state index contributed by atoms with van der Waals surface area (Å²) < 4.78 is 14.3. The van der Waals surface area contributed by atoms with Crippen LogP contribution in [-0.2, 0) is 6.42 Å². The van der Waals surface area contributed by atoms with Crippen molar-refractivity contribution in [1.82, 2.24) is 0 Å². The maximum absolute atomic E-state index is 14.3.